The lowest BCUT2D eigenvalue weighted by atomic mass is 10.0. The highest BCUT2D eigenvalue weighted by atomic mass is 35.5. The van der Waals surface area contributed by atoms with Crippen LogP contribution in [0.1, 0.15) is 37.1 Å². The SMILES string of the molecule is CC1CCCCN1CC(Cl)c1ccc(F)c(F)c1. The molecule has 1 aromatic rings. The van der Waals surface area contributed by atoms with E-state index in [1.54, 1.807) is 6.07 Å². The van der Waals surface area contributed by atoms with Crippen LogP contribution in [0.5, 0.6) is 0 Å². The molecule has 0 aromatic heterocycles. The zero-order valence-electron chi connectivity index (χ0n) is 10.5. The zero-order chi connectivity index (χ0) is 13.1. The minimum Gasteiger partial charge on any atom is -0.299 e. The zero-order valence-corrected chi connectivity index (χ0v) is 11.3. The lowest BCUT2D eigenvalue weighted by Gasteiger charge is -2.34. The van der Waals surface area contributed by atoms with Gasteiger partial charge in [0.25, 0.3) is 0 Å². The quantitative estimate of drug-likeness (QED) is 0.749. The third-order valence-electron chi connectivity index (χ3n) is 3.64. The van der Waals surface area contributed by atoms with Gasteiger partial charge in [0, 0.05) is 12.6 Å². The molecule has 1 aliphatic heterocycles. The number of benzene rings is 1. The fraction of sp³-hybridized carbons (Fsp3) is 0.571. The number of hydrogen-bond acceptors (Lipinski definition) is 1. The number of hydrogen-bond donors (Lipinski definition) is 0. The first-order valence-corrected chi connectivity index (χ1v) is 6.84. The van der Waals surface area contributed by atoms with Gasteiger partial charge in [0.2, 0.25) is 0 Å². The van der Waals surface area contributed by atoms with E-state index in [1.165, 1.54) is 25.3 Å². The molecule has 4 heteroatoms. The molecule has 2 rings (SSSR count). The number of piperidine rings is 1. The van der Waals surface area contributed by atoms with E-state index < -0.39 is 11.6 Å². The van der Waals surface area contributed by atoms with Crippen molar-refractivity contribution in [3.8, 4) is 0 Å². The van der Waals surface area contributed by atoms with E-state index in [-0.39, 0.29) is 5.38 Å². The Morgan fingerprint density at radius 3 is 2.78 bits per heavy atom. The van der Waals surface area contributed by atoms with Gasteiger partial charge in [-0.05, 0) is 44.0 Å². The van der Waals surface area contributed by atoms with Gasteiger partial charge in [-0.15, -0.1) is 11.6 Å². The van der Waals surface area contributed by atoms with E-state index in [0.717, 1.165) is 12.6 Å². The van der Waals surface area contributed by atoms with Crippen molar-refractivity contribution < 1.29 is 8.78 Å². The van der Waals surface area contributed by atoms with Crippen LogP contribution in [0.4, 0.5) is 8.78 Å². The third-order valence-corrected chi connectivity index (χ3v) is 4.03. The van der Waals surface area contributed by atoms with E-state index in [4.69, 9.17) is 11.6 Å². The van der Waals surface area contributed by atoms with Crippen LogP contribution in [-0.4, -0.2) is 24.0 Å². The molecule has 1 heterocycles. The topological polar surface area (TPSA) is 3.24 Å². The number of halogens is 3. The van der Waals surface area contributed by atoms with Gasteiger partial charge in [-0.1, -0.05) is 12.5 Å². The summed E-state index contributed by atoms with van der Waals surface area (Å²) in [5.74, 6) is -1.65. The highest BCUT2D eigenvalue weighted by Gasteiger charge is 2.22. The van der Waals surface area contributed by atoms with Crippen molar-refractivity contribution in [1.82, 2.24) is 4.90 Å². The van der Waals surface area contributed by atoms with Crippen molar-refractivity contribution >= 4 is 11.6 Å². The van der Waals surface area contributed by atoms with E-state index in [0.29, 0.717) is 18.2 Å². The van der Waals surface area contributed by atoms with E-state index in [2.05, 4.69) is 11.8 Å². The number of nitrogens with zero attached hydrogens (tertiary/aromatic N) is 1. The average Bonchev–Trinajstić information content (AvgIpc) is 2.35. The molecule has 0 aliphatic carbocycles. The largest absolute Gasteiger partial charge is 0.299 e. The summed E-state index contributed by atoms with van der Waals surface area (Å²) in [4.78, 5) is 2.32. The van der Waals surface area contributed by atoms with Gasteiger partial charge in [0.05, 0.1) is 5.38 Å². The minimum atomic E-state index is -0.829. The van der Waals surface area contributed by atoms with Gasteiger partial charge in [0.15, 0.2) is 11.6 Å². The lowest BCUT2D eigenvalue weighted by Crippen LogP contribution is -2.39. The second-order valence-corrected chi connectivity index (χ2v) is 5.51. The number of likely N-dealkylation sites (tertiary alicyclic amines) is 1. The molecule has 0 radical (unpaired) electrons. The maximum atomic E-state index is 13.1. The molecule has 1 nitrogen and oxygen atoms in total. The summed E-state index contributed by atoms with van der Waals surface area (Å²) >= 11 is 6.30. The highest BCUT2D eigenvalue weighted by Crippen LogP contribution is 2.26. The Bertz CT molecular complexity index is 411. The molecular formula is C14H18ClF2N. The summed E-state index contributed by atoms with van der Waals surface area (Å²) in [6.45, 7) is 3.91. The summed E-state index contributed by atoms with van der Waals surface area (Å²) in [6.07, 6.45) is 3.63. The fourth-order valence-electron chi connectivity index (χ4n) is 2.45. The van der Waals surface area contributed by atoms with Crippen LogP contribution in [0, 0.1) is 11.6 Å². The lowest BCUT2D eigenvalue weighted by molar-refractivity contribution is 0.161. The summed E-state index contributed by atoms with van der Waals surface area (Å²) in [5, 5.41) is -0.291. The number of rotatable bonds is 3. The maximum absolute atomic E-state index is 13.1. The maximum Gasteiger partial charge on any atom is 0.159 e. The second kappa shape index (κ2) is 5.98. The molecule has 1 aromatic carbocycles. The molecular weight excluding hydrogens is 256 g/mol. The highest BCUT2D eigenvalue weighted by molar-refractivity contribution is 6.21. The Morgan fingerprint density at radius 2 is 2.11 bits per heavy atom. The molecule has 2 atom stereocenters. The molecule has 0 spiro atoms. The van der Waals surface area contributed by atoms with Gasteiger partial charge in [-0.2, -0.15) is 0 Å². The standard InChI is InChI=1S/C14H18ClF2N/c1-10-4-2-3-7-18(10)9-12(15)11-5-6-13(16)14(17)8-11/h5-6,8,10,12H,2-4,7,9H2,1H3. The van der Waals surface area contributed by atoms with Crippen LogP contribution < -0.4 is 0 Å². The van der Waals surface area contributed by atoms with Crippen LogP contribution in [0.15, 0.2) is 18.2 Å². The van der Waals surface area contributed by atoms with Crippen LogP contribution in [0.2, 0.25) is 0 Å². The predicted octanol–water partition coefficient (Wildman–Crippen LogP) is 4.12. The van der Waals surface area contributed by atoms with Crippen LogP contribution in [-0.2, 0) is 0 Å². The van der Waals surface area contributed by atoms with Crippen LogP contribution >= 0.6 is 11.6 Å². The molecule has 0 N–H and O–H groups in total. The van der Waals surface area contributed by atoms with Gasteiger partial charge in [-0.25, -0.2) is 8.78 Å². The Morgan fingerprint density at radius 1 is 1.33 bits per heavy atom. The first-order chi connectivity index (χ1) is 8.58. The van der Waals surface area contributed by atoms with Crippen LogP contribution in [0.3, 0.4) is 0 Å². The molecule has 0 saturated carbocycles. The van der Waals surface area contributed by atoms with Crippen molar-refractivity contribution in [2.24, 2.45) is 0 Å². The van der Waals surface area contributed by atoms with Crippen LogP contribution in [0.25, 0.3) is 0 Å². The van der Waals surface area contributed by atoms with Gasteiger partial charge < -0.3 is 0 Å². The molecule has 2 unspecified atom stereocenters. The Labute approximate surface area is 112 Å². The van der Waals surface area contributed by atoms with Gasteiger partial charge >= 0.3 is 0 Å². The first kappa shape index (κ1) is 13.8. The summed E-state index contributed by atoms with van der Waals surface area (Å²) < 4.78 is 26.0. The van der Waals surface area contributed by atoms with Crippen molar-refractivity contribution in [2.45, 2.75) is 37.6 Å². The Kier molecular flexibility index (Phi) is 4.57. The third kappa shape index (κ3) is 3.21. The molecule has 1 aliphatic rings. The number of alkyl halides is 1. The van der Waals surface area contributed by atoms with E-state index in [9.17, 15) is 8.78 Å². The molecule has 18 heavy (non-hydrogen) atoms. The Hall–Kier alpha value is -0.670. The minimum absolute atomic E-state index is 0.291. The first-order valence-electron chi connectivity index (χ1n) is 6.41. The Balaban J connectivity index is 2.02. The predicted molar refractivity (Wildman–Crippen MR) is 69.8 cm³/mol. The average molecular weight is 274 g/mol. The summed E-state index contributed by atoms with van der Waals surface area (Å²) in [5.41, 5.74) is 0.647. The van der Waals surface area contributed by atoms with Crippen molar-refractivity contribution in [2.75, 3.05) is 13.1 Å². The van der Waals surface area contributed by atoms with Gasteiger partial charge in [0.1, 0.15) is 0 Å². The van der Waals surface area contributed by atoms with Crippen molar-refractivity contribution in [1.29, 1.82) is 0 Å². The van der Waals surface area contributed by atoms with Gasteiger partial charge in [-0.3, -0.25) is 4.90 Å². The smallest absolute Gasteiger partial charge is 0.159 e. The second-order valence-electron chi connectivity index (χ2n) is 4.98. The fourth-order valence-corrected chi connectivity index (χ4v) is 2.76. The van der Waals surface area contributed by atoms with E-state index >= 15 is 0 Å². The summed E-state index contributed by atoms with van der Waals surface area (Å²) in [6, 6.07) is 4.41. The molecule has 1 saturated heterocycles. The van der Waals surface area contributed by atoms with E-state index in [1.807, 2.05) is 0 Å². The normalized spacial score (nSPS) is 23.0. The summed E-state index contributed by atoms with van der Waals surface area (Å²) in [7, 11) is 0. The monoisotopic (exact) mass is 273 g/mol. The molecule has 0 bridgehead atoms. The van der Waals surface area contributed by atoms with Crippen molar-refractivity contribution in [3.05, 3.63) is 35.4 Å². The molecule has 1 fully saturated rings. The van der Waals surface area contributed by atoms with Crippen molar-refractivity contribution in [3.63, 3.8) is 0 Å². The molecule has 0 amide bonds. The molecule has 100 valence electrons.